The van der Waals surface area contributed by atoms with E-state index in [1.807, 2.05) is 30.5 Å². The van der Waals surface area contributed by atoms with Crippen molar-refractivity contribution in [2.24, 2.45) is 0 Å². The molecule has 0 saturated heterocycles. The van der Waals surface area contributed by atoms with Crippen molar-refractivity contribution >= 4 is 11.0 Å². The predicted octanol–water partition coefficient (Wildman–Crippen LogP) is 14.5. The van der Waals surface area contributed by atoms with Crippen LogP contribution in [0.25, 0.3) is 83.9 Å². The van der Waals surface area contributed by atoms with Gasteiger partial charge in [-0.3, -0.25) is 9.55 Å². The van der Waals surface area contributed by atoms with Gasteiger partial charge in [0.25, 0.3) is 0 Å². The molecule has 2 heterocycles. The molecule has 0 bridgehead atoms. The number of para-hydroxylation sites is 2. The van der Waals surface area contributed by atoms with Gasteiger partial charge < -0.3 is 5.11 Å². The number of nitrogens with zero attached hydrogens (tertiary/aromatic N) is 3. The van der Waals surface area contributed by atoms with Crippen LogP contribution < -0.4 is 0 Å². The molecule has 9 rings (SSSR count). The third kappa shape index (κ3) is 8.26. The second-order valence-corrected chi connectivity index (χ2v) is 17.6. The summed E-state index contributed by atoms with van der Waals surface area (Å²) in [5.74, 6) is 0.837. The van der Waals surface area contributed by atoms with Crippen molar-refractivity contribution in [2.45, 2.75) is 52.4 Å². The summed E-state index contributed by atoms with van der Waals surface area (Å²) >= 11 is 0. The van der Waals surface area contributed by atoms with Crippen molar-refractivity contribution < 1.29 is 26.2 Å². The number of aromatic nitrogens is 3. The number of phenols is 1. The third-order valence-electron chi connectivity index (χ3n) is 11.4. The number of phenolic OH excluding ortho intramolecular Hbond substituents is 1. The normalized spacial score (nSPS) is 11.7. The Hall–Kier alpha value is -6.35. The van der Waals surface area contributed by atoms with Crippen molar-refractivity contribution in [1.82, 2.24) is 14.5 Å². The summed E-state index contributed by atoms with van der Waals surface area (Å²) in [7, 11) is 0. The SMILES string of the molecule is CC(C)(C)c1cc(-c2cc(-c3ccc(-c4ccccc4)cc3)ccn2)[c-]c(-c2cccc3c2nc(-c2ccccc2O)n3-c2ccc(C(C)(C)C)cc2-c2ccccc2)c1.[Pt]. The van der Waals surface area contributed by atoms with Crippen LogP contribution in [0.5, 0.6) is 5.75 Å². The predicted molar refractivity (Wildman–Crippen MR) is 249 cm³/mol. The average Bonchev–Trinajstić information content (AvgIpc) is 3.66. The summed E-state index contributed by atoms with van der Waals surface area (Å²) in [4.78, 5) is 10.4. The largest absolute Gasteiger partial charge is 0.507 e. The second-order valence-electron chi connectivity index (χ2n) is 17.6. The first-order valence-corrected chi connectivity index (χ1v) is 20.6. The van der Waals surface area contributed by atoms with Gasteiger partial charge in [-0.2, -0.15) is 0 Å². The number of pyridine rings is 1. The topological polar surface area (TPSA) is 50.9 Å². The first kappa shape index (κ1) is 41.4. The Morgan fingerprint density at radius 2 is 1.08 bits per heavy atom. The molecule has 0 spiro atoms. The first-order chi connectivity index (χ1) is 28.9. The van der Waals surface area contributed by atoms with E-state index >= 15 is 0 Å². The minimum Gasteiger partial charge on any atom is -0.507 e. The van der Waals surface area contributed by atoms with Crippen LogP contribution in [0, 0.1) is 6.07 Å². The van der Waals surface area contributed by atoms with Gasteiger partial charge in [-0.25, -0.2) is 4.98 Å². The number of hydrogen-bond donors (Lipinski definition) is 1. The van der Waals surface area contributed by atoms with Crippen LogP contribution in [-0.2, 0) is 31.9 Å². The minimum atomic E-state index is -0.156. The zero-order chi connectivity index (χ0) is 41.6. The fourth-order valence-electron chi connectivity index (χ4n) is 7.98. The Labute approximate surface area is 373 Å². The zero-order valence-electron chi connectivity index (χ0n) is 35.3. The molecule has 9 aromatic rings. The standard InChI is InChI=1S/C56H48N3O.Pt/c1-55(2,3)44-28-29-50(48(36-44)40-18-11-8-12-19-40)59-51-22-15-21-46(53(51)58-54(59)47-20-13-14-23-52(47)60)42-32-43(34-45(33-42)56(4,5)6)49-35-41(30-31-57-49)39-26-24-38(25-27-39)37-16-9-7-10-17-37;/h7-31,33-36,60H,1-6H3;/q-1;. The van der Waals surface area contributed by atoms with Gasteiger partial charge in [-0.15, -0.1) is 29.3 Å². The average molecular weight is 974 g/mol. The molecule has 0 amide bonds. The van der Waals surface area contributed by atoms with Crippen molar-refractivity contribution in [1.29, 1.82) is 0 Å². The van der Waals surface area contributed by atoms with Crippen molar-refractivity contribution in [3.8, 4) is 78.6 Å². The molecule has 4 nitrogen and oxygen atoms in total. The summed E-state index contributed by atoms with van der Waals surface area (Å²) in [6.45, 7) is 13.5. The number of aromatic hydroxyl groups is 1. The van der Waals surface area contributed by atoms with Gasteiger partial charge in [0.05, 0.1) is 22.3 Å². The Morgan fingerprint density at radius 3 is 1.75 bits per heavy atom. The molecule has 304 valence electrons. The van der Waals surface area contributed by atoms with Crippen molar-refractivity contribution in [3.63, 3.8) is 0 Å². The molecule has 0 saturated carbocycles. The number of fused-ring (bicyclic) bond motifs is 1. The molecule has 2 aromatic heterocycles. The number of benzene rings is 7. The molecule has 0 atom stereocenters. The van der Waals surface area contributed by atoms with Gasteiger partial charge in [-0.1, -0.05) is 174 Å². The number of hydrogen-bond acceptors (Lipinski definition) is 3. The van der Waals surface area contributed by atoms with Crippen molar-refractivity contribution in [2.75, 3.05) is 0 Å². The fourth-order valence-corrected chi connectivity index (χ4v) is 7.98. The molecule has 0 fully saturated rings. The summed E-state index contributed by atoms with van der Waals surface area (Å²) < 4.78 is 2.21. The van der Waals surface area contributed by atoms with Crippen LogP contribution in [0.15, 0.2) is 176 Å². The van der Waals surface area contributed by atoms with E-state index in [0.717, 1.165) is 61.4 Å². The zero-order valence-corrected chi connectivity index (χ0v) is 37.6. The number of imidazole rings is 1. The Bertz CT molecular complexity index is 2990. The van der Waals surface area contributed by atoms with Gasteiger partial charge in [-0.05, 0) is 80.6 Å². The fraction of sp³-hybridized carbons (Fsp3) is 0.143. The number of rotatable bonds is 7. The van der Waals surface area contributed by atoms with E-state index in [1.54, 1.807) is 6.07 Å². The van der Waals surface area contributed by atoms with E-state index in [1.165, 1.54) is 22.3 Å². The summed E-state index contributed by atoms with van der Waals surface area (Å²) in [6, 6.07) is 62.8. The van der Waals surface area contributed by atoms with Crippen LogP contribution in [-0.4, -0.2) is 19.6 Å². The van der Waals surface area contributed by atoms with Crippen LogP contribution in [0.3, 0.4) is 0 Å². The molecule has 5 heteroatoms. The van der Waals surface area contributed by atoms with Crippen LogP contribution in [0.1, 0.15) is 52.7 Å². The molecule has 0 aliphatic rings. The molecule has 0 aliphatic carbocycles. The van der Waals surface area contributed by atoms with Gasteiger partial charge in [0.1, 0.15) is 11.6 Å². The van der Waals surface area contributed by atoms with Crippen LogP contribution in [0.4, 0.5) is 0 Å². The first-order valence-electron chi connectivity index (χ1n) is 20.6. The molecule has 7 aromatic carbocycles. The van der Waals surface area contributed by atoms with E-state index in [9.17, 15) is 5.11 Å². The van der Waals surface area contributed by atoms with Crippen LogP contribution >= 0.6 is 0 Å². The molecule has 61 heavy (non-hydrogen) atoms. The third-order valence-corrected chi connectivity index (χ3v) is 11.4. The summed E-state index contributed by atoms with van der Waals surface area (Å²) in [5.41, 5.74) is 16.1. The molecule has 0 radical (unpaired) electrons. The molecule has 0 aliphatic heterocycles. The maximum atomic E-state index is 11.4. The quantitative estimate of drug-likeness (QED) is 0.162. The minimum absolute atomic E-state index is 0. The molecule has 1 N–H and O–H groups in total. The second kappa shape index (κ2) is 16.6. The van der Waals surface area contributed by atoms with Gasteiger partial charge in [0.2, 0.25) is 0 Å². The summed E-state index contributed by atoms with van der Waals surface area (Å²) in [5, 5.41) is 11.4. The van der Waals surface area contributed by atoms with E-state index in [0.29, 0.717) is 11.4 Å². The van der Waals surface area contributed by atoms with Crippen LogP contribution in [0.2, 0.25) is 0 Å². The van der Waals surface area contributed by atoms with Gasteiger partial charge >= 0.3 is 0 Å². The molecule has 0 unspecified atom stereocenters. The van der Waals surface area contributed by atoms with Gasteiger partial charge in [0, 0.05) is 38.5 Å². The van der Waals surface area contributed by atoms with E-state index in [-0.39, 0.29) is 37.6 Å². The van der Waals surface area contributed by atoms with E-state index in [4.69, 9.17) is 9.97 Å². The Kier molecular flexibility index (Phi) is 11.3. The van der Waals surface area contributed by atoms with E-state index < -0.39 is 0 Å². The Morgan fingerprint density at radius 1 is 0.492 bits per heavy atom. The van der Waals surface area contributed by atoms with E-state index in [2.05, 4.69) is 192 Å². The molecular weight excluding hydrogens is 926 g/mol. The smallest absolute Gasteiger partial charge is 0.148 e. The maximum Gasteiger partial charge on any atom is 0.148 e. The monoisotopic (exact) mass is 973 g/mol. The maximum absolute atomic E-state index is 11.4. The van der Waals surface area contributed by atoms with Gasteiger partial charge in [0.15, 0.2) is 0 Å². The molecular formula is C56H48N3OPt-. The summed E-state index contributed by atoms with van der Waals surface area (Å²) in [6.07, 6.45) is 1.89. The Balaban J connectivity index is 0.00000514. The van der Waals surface area contributed by atoms with Crippen molar-refractivity contribution in [3.05, 3.63) is 193 Å².